The Bertz CT molecular complexity index is 1080. The van der Waals surface area contributed by atoms with Crippen LogP contribution in [-0.2, 0) is 4.79 Å². The van der Waals surface area contributed by atoms with Crippen molar-refractivity contribution in [2.75, 3.05) is 6.54 Å². The maximum absolute atomic E-state index is 12.3. The predicted molar refractivity (Wildman–Crippen MR) is 108 cm³/mol. The number of carbonyl (C=O) groups is 2. The molecule has 1 aromatic heterocycles. The molecule has 0 aliphatic carbocycles. The van der Waals surface area contributed by atoms with Gasteiger partial charge in [0.25, 0.3) is 17.5 Å². The van der Waals surface area contributed by atoms with Crippen molar-refractivity contribution in [1.29, 1.82) is 0 Å². The first kappa shape index (κ1) is 19.5. The molecule has 0 bridgehead atoms. The number of halogens is 1. The van der Waals surface area contributed by atoms with E-state index < -0.39 is 16.7 Å². The molecule has 8 nitrogen and oxygen atoms in total. The van der Waals surface area contributed by atoms with Crippen LogP contribution in [0.4, 0.5) is 5.69 Å². The van der Waals surface area contributed by atoms with E-state index in [1.165, 1.54) is 41.8 Å². The monoisotopic (exact) mass is 416 g/mol. The smallest absolute Gasteiger partial charge is 0.269 e. The van der Waals surface area contributed by atoms with Crippen molar-refractivity contribution < 1.29 is 14.5 Å². The molecule has 10 heteroatoms. The summed E-state index contributed by atoms with van der Waals surface area (Å²) in [6, 6.07) is 13.0. The van der Waals surface area contributed by atoms with Gasteiger partial charge in [0.05, 0.1) is 22.7 Å². The van der Waals surface area contributed by atoms with Gasteiger partial charge >= 0.3 is 0 Å². The van der Waals surface area contributed by atoms with Gasteiger partial charge in [-0.1, -0.05) is 29.8 Å². The van der Waals surface area contributed by atoms with Crippen LogP contribution in [0.5, 0.6) is 0 Å². The second-order valence-corrected chi connectivity index (χ2v) is 7.00. The van der Waals surface area contributed by atoms with Crippen molar-refractivity contribution in [2.45, 2.75) is 0 Å². The fourth-order valence-corrected chi connectivity index (χ4v) is 3.73. The van der Waals surface area contributed by atoms with Crippen LogP contribution in [0, 0.1) is 10.1 Å². The lowest BCUT2D eigenvalue weighted by Gasteiger charge is -2.03. The van der Waals surface area contributed by atoms with Crippen LogP contribution in [-0.4, -0.2) is 29.5 Å². The molecule has 0 fully saturated rings. The second-order valence-electron chi connectivity index (χ2n) is 5.57. The van der Waals surface area contributed by atoms with Crippen LogP contribution in [0.3, 0.4) is 0 Å². The zero-order valence-electron chi connectivity index (χ0n) is 14.2. The van der Waals surface area contributed by atoms with Crippen molar-refractivity contribution in [1.82, 2.24) is 10.7 Å². The van der Waals surface area contributed by atoms with E-state index in [9.17, 15) is 19.7 Å². The first-order valence-electron chi connectivity index (χ1n) is 7.97. The fourth-order valence-electron chi connectivity index (χ4n) is 2.30. The minimum atomic E-state index is -0.524. The van der Waals surface area contributed by atoms with Crippen molar-refractivity contribution in [3.8, 4) is 0 Å². The SMILES string of the molecule is O=C(CNC(=O)c1sc2ccccc2c1Cl)N/N=C\c1ccc([N+](=O)[O-])cc1. The Labute approximate surface area is 168 Å². The molecule has 3 rings (SSSR count). The molecular formula is C18H13ClN4O4S. The third kappa shape index (κ3) is 4.51. The number of rotatable bonds is 6. The van der Waals surface area contributed by atoms with Crippen LogP contribution in [0.15, 0.2) is 53.6 Å². The summed E-state index contributed by atoms with van der Waals surface area (Å²) in [5.41, 5.74) is 2.81. The standard InChI is InChI=1S/C18H13ClN4O4S/c19-16-13-3-1-2-4-14(13)28-17(16)18(25)20-10-15(24)22-21-9-11-5-7-12(8-6-11)23(26)27/h1-9H,10H2,(H,20,25)(H,22,24)/b21-9-. The molecule has 0 aliphatic rings. The first-order valence-corrected chi connectivity index (χ1v) is 9.17. The van der Waals surface area contributed by atoms with E-state index in [0.717, 1.165) is 10.1 Å². The molecule has 1 heterocycles. The maximum Gasteiger partial charge on any atom is 0.269 e. The number of fused-ring (bicyclic) bond motifs is 1. The molecule has 0 radical (unpaired) electrons. The van der Waals surface area contributed by atoms with Crippen molar-refractivity contribution >= 4 is 56.7 Å². The summed E-state index contributed by atoms with van der Waals surface area (Å²) < 4.78 is 0.884. The average Bonchev–Trinajstić information content (AvgIpc) is 3.03. The third-order valence-corrected chi connectivity index (χ3v) is 5.33. The van der Waals surface area contributed by atoms with Crippen LogP contribution < -0.4 is 10.7 Å². The molecule has 2 aromatic carbocycles. The molecule has 0 atom stereocenters. The molecule has 0 saturated carbocycles. The van der Waals surface area contributed by atoms with Crippen LogP contribution in [0.25, 0.3) is 10.1 Å². The highest BCUT2D eigenvalue weighted by Gasteiger charge is 2.17. The number of hydrazone groups is 1. The largest absolute Gasteiger partial charge is 0.342 e. The van der Waals surface area contributed by atoms with Gasteiger partial charge in [-0.3, -0.25) is 19.7 Å². The minimum absolute atomic E-state index is 0.0382. The predicted octanol–water partition coefficient (Wildman–Crippen LogP) is 3.34. The number of nitro benzene ring substituents is 1. The van der Waals surface area contributed by atoms with Crippen LogP contribution in [0.2, 0.25) is 5.02 Å². The highest BCUT2D eigenvalue weighted by molar-refractivity contribution is 7.21. The first-order chi connectivity index (χ1) is 13.5. The van der Waals surface area contributed by atoms with Crippen molar-refractivity contribution in [3.05, 3.63) is 74.1 Å². The Morgan fingerprint density at radius 1 is 1.18 bits per heavy atom. The van der Waals surface area contributed by atoms with Gasteiger partial charge in [0.1, 0.15) is 4.88 Å². The van der Waals surface area contributed by atoms with E-state index in [2.05, 4.69) is 15.8 Å². The molecule has 0 saturated heterocycles. The number of nitrogens with one attached hydrogen (secondary N) is 2. The summed E-state index contributed by atoms with van der Waals surface area (Å²) in [4.78, 5) is 34.5. The van der Waals surface area contributed by atoms with E-state index in [1.807, 2.05) is 24.3 Å². The van der Waals surface area contributed by atoms with Gasteiger partial charge in [-0.05, 0) is 23.8 Å². The Hall–Kier alpha value is -3.30. The van der Waals surface area contributed by atoms with Gasteiger partial charge < -0.3 is 5.32 Å². The number of amides is 2. The summed E-state index contributed by atoms with van der Waals surface area (Å²) in [7, 11) is 0. The number of nitrogens with zero attached hydrogens (tertiary/aromatic N) is 2. The minimum Gasteiger partial charge on any atom is -0.342 e. The Balaban J connectivity index is 1.52. The quantitative estimate of drug-likeness (QED) is 0.364. The number of non-ortho nitro benzene ring substituents is 1. The van der Waals surface area contributed by atoms with Crippen molar-refractivity contribution in [2.24, 2.45) is 5.10 Å². The van der Waals surface area contributed by atoms with Gasteiger partial charge in [-0.25, -0.2) is 5.43 Å². The number of hydrogen-bond donors (Lipinski definition) is 2. The maximum atomic E-state index is 12.3. The van der Waals surface area contributed by atoms with Gasteiger partial charge in [-0.2, -0.15) is 5.10 Å². The summed E-state index contributed by atoms with van der Waals surface area (Å²) in [6.07, 6.45) is 1.34. The van der Waals surface area contributed by atoms with E-state index in [4.69, 9.17) is 11.6 Å². The fraction of sp³-hybridized carbons (Fsp3) is 0.0556. The Kier molecular flexibility index (Phi) is 5.97. The number of carbonyl (C=O) groups excluding carboxylic acids is 2. The Morgan fingerprint density at radius 2 is 1.89 bits per heavy atom. The molecular weight excluding hydrogens is 404 g/mol. The normalized spacial score (nSPS) is 10.9. The molecule has 2 amide bonds. The summed E-state index contributed by atoms with van der Waals surface area (Å²) in [5.74, 6) is -0.968. The number of thiophene rings is 1. The van der Waals surface area contributed by atoms with Crippen LogP contribution in [0.1, 0.15) is 15.2 Å². The third-order valence-electron chi connectivity index (χ3n) is 3.66. The zero-order valence-corrected chi connectivity index (χ0v) is 15.8. The van der Waals surface area contributed by atoms with Crippen LogP contribution >= 0.6 is 22.9 Å². The summed E-state index contributed by atoms with van der Waals surface area (Å²) >= 11 is 7.48. The van der Waals surface area contributed by atoms with E-state index in [-0.39, 0.29) is 12.2 Å². The van der Waals surface area contributed by atoms with E-state index in [0.29, 0.717) is 15.5 Å². The van der Waals surface area contributed by atoms with Crippen molar-refractivity contribution in [3.63, 3.8) is 0 Å². The van der Waals surface area contributed by atoms with Gasteiger partial charge in [-0.15, -0.1) is 11.3 Å². The summed E-state index contributed by atoms with van der Waals surface area (Å²) in [5, 5.41) is 18.0. The van der Waals surface area contributed by atoms with Gasteiger partial charge in [0.15, 0.2) is 0 Å². The van der Waals surface area contributed by atoms with Gasteiger partial charge in [0.2, 0.25) is 0 Å². The lowest BCUT2D eigenvalue weighted by atomic mass is 10.2. The average molecular weight is 417 g/mol. The van der Waals surface area contributed by atoms with E-state index >= 15 is 0 Å². The highest BCUT2D eigenvalue weighted by atomic mass is 35.5. The molecule has 28 heavy (non-hydrogen) atoms. The second kappa shape index (κ2) is 8.59. The van der Waals surface area contributed by atoms with E-state index in [1.54, 1.807) is 0 Å². The molecule has 0 aliphatic heterocycles. The summed E-state index contributed by atoms with van der Waals surface area (Å²) in [6.45, 7) is -0.277. The molecule has 0 unspecified atom stereocenters. The lowest BCUT2D eigenvalue weighted by molar-refractivity contribution is -0.384. The lowest BCUT2D eigenvalue weighted by Crippen LogP contribution is -2.34. The molecule has 3 aromatic rings. The number of benzene rings is 2. The Morgan fingerprint density at radius 3 is 2.57 bits per heavy atom. The molecule has 2 N–H and O–H groups in total. The number of nitro groups is 1. The highest BCUT2D eigenvalue weighted by Crippen LogP contribution is 2.34. The zero-order chi connectivity index (χ0) is 20.1. The number of hydrogen-bond acceptors (Lipinski definition) is 6. The molecule has 142 valence electrons. The van der Waals surface area contributed by atoms with Gasteiger partial charge in [0, 0.05) is 22.2 Å². The molecule has 0 spiro atoms. The topological polar surface area (TPSA) is 114 Å².